The first-order valence-electron chi connectivity index (χ1n) is 7.59. The van der Waals surface area contributed by atoms with Crippen molar-refractivity contribution in [1.82, 2.24) is 0 Å². The van der Waals surface area contributed by atoms with Gasteiger partial charge in [-0.3, -0.25) is 4.79 Å². The molecule has 1 saturated heterocycles. The molecule has 2 fully saturated rings. The Hall–Kier alpha value is -1.58. The highest BCUT2D eigenvalue weighted by Crippen LogP contribution is 2.32. The third-order valence-electron chi connectivity index (χ3n) is 4.39. The fourth-order valence-corrected chi connectivity index (χ4v) is 2.92. The molecule has 0 unspecified atom stereocenters. The van der Waals surface area contributed by atoms with Gasteiger partial charge in [-0.1, -0.05) is 6.42 Å². The van der Waals surface area contributed by atoms with Crippen molar-refractivity contribution in [2.45, 2.75) is 38.5 Å². The number of carbonyl (C=O) groups is 1. The number of piperidine rings is 1. The van der Waals surface area contributed by atoms with E-state index in [4.69, 9.17) is 0 Å². The van der Waals surface area contributed by atoms with Crippen molar-refractivity contribution in [1.29, 1.82) is 0 Å². The van der Waals surface area contributed by atoms with E-state index in [1.54, 1.807) is 6.07 Å². The number of carbonyl (C=O) groups excluding carboxylic acids is 1. The zero-order chi connectivity index (χ0) is 13.9. The van der Waals surface area contributed by atoms with Crippen molar-refractivity contribution < 1.29 is 9.18 Å². The van der Waals surface area contributed by atoms with Crippen LogP contribution < -0.4 is 10.2 Å². The molecule has 4 heteroatoms. The van der Waals surface area contributed by atoms with Gasteiger partial charge in [0.05, 0.1) is 11.4 Å². The van der Waals surface area contributed by atoms with E-state index in [1.165, 1.54) is 18.6 Å². The number of rotatable bonds is 3. The Bertz CT molecular complexity index is 493. The van der Waals surface area contributed by atoms with Crippen molar-refractivity contribution in [3.8, 4) is 0 Å². The average Bonchev–Trinajstić information content (AvgIpc) is 2.37. The average molecular weight is 276 g/mol. The molecule has 1 aliphatic carbocycles. The molecule has 1 aliphatic heterocycles. The fourth-order valence-electron chi connectivity index (χ4n) is 2.92. The van der Waals surface area contributed by atoms with Crippen LogP contribution in [0.15, 0.2) is 18.2 Å². The molecule has 3 nitrogen and oxygen atoms in total. The van der Waals surface area contributed by atoms with Crippen LogP contribution >= 0.6 is 0 Å². The molecule has 1 aromatic rings. The second-order valence-electron chi connectivity index (χ2n) is 5.83. The normalized spacial score (nSPS) is 19.6. The standard InChI is InChI=1S/C16H21FN2O/c17-13-7-8-15(19-9-2-1-3-10-19)14(11-13)18-16(20)12-5-4-6-12/h7-8,11-12H,1-6,9-10H2,(H,18,20). The van der Waals surface area contributed by atoms with Crippen LogP contribution in [0.4, 0.5) is 15.8 Å². The minimum absolute atomic E-state index is 0.0418. The molecule has 0 atom stereocenters. The molecule has 0 bridgehead atoms. The summed E-state index contributed by atoms with van der Waals surface area (Å²) in [6.07, 6.45) is 6.61. The zero-order valence-electron chi connectivity index (χ0n) is 11.7. The monoisotopic (exact) mass is 276 g/mol. The molecular formula is C16H21FN2O. The Kier molecular flexibility index (Phi) is 3.90. The van der Waals surface area contributed by atoms with Gasteiger partial charge < -0.3 is 10.2 Å². The number of nitrogens with zero attached hydrogens (tertiary/aromatic N) is 1. The van der Waals surface area contributed by atoms with Crippen molar-refractivity contribution in [3.63, 3.8) is 0 Å². The molecule has 108 valence electrons. The molecule has 0 radical (unpaired) electrons. The van der Waals surface area contributed by atoms with Gasteiger partial charge in [-0.2, -0.15) is 0 Å². The molecule has 3 rings (SSSR count). The number of hydrogen-bond acceptors (Lipinski definition) is 2. The van der Waals surface area contributed by atoms with Crippen LogP contribution in [0.3, 0.4) is 0 Å². The first-order valence-corrected chi connectivity index (χ1v) is 7.59. The van der Waals surface area contributed by atoms with E-state index in [0.29, 0.717) is 5.69 Å². The second kappa shape index (κ2) is 5.81. The first kappa shape index (κ1) is 13.4. The van der Waals surface area contributed by atoms with Crippen molar-refractivity contribution in [2.75, 3.05) is 23.3 Å². The van der Waals surface area contributed by atoms with Gasteiger partial charge in [0.2, 0.25) is 5.91 Å². The van der Waals surface area contributed by atoms with E-state index < -0.39 is 0 Å². The first-order chi connectivity index (χ1) is 9.74. The van der Waals surface area contributed by atoms with Crippen molar-refractivity contribution in [3.05, 3.63) is 24.0 Å². The summed E-state index contributed by atoms with van der Waals surface area (Å²) in [5, 5.41) is 2.93. The van der Waals surface area contributed by atoms with E-state index in [1.807, 2.05) is 0 Å². The van der Waals surface area contributed by atoms with Crippen LogP contribution in [-0.2, 0) is 4.79 Å². The Morgan fingerprint density at radius 1 is 1.15 bits per heavy atom. The minimum Gasteiger partial charge on any atom is -0.370 e. The van der Waals surface area contributed by atoms with E-state index >= 15 is 0 Å². The Morgan fingerprint density at radius 2 is 1.90 bits per heavy atom. The van der Waals surface area contributed by atoms with E-state index in [0.717, 1.165) is 50.9 Å². The highest BCUT2D eigenvalue weighted by Gasteiger charge is 2.26. The van der Waals surface area contributed by atoms with Gasteiger partial charge in [-0.05, 0) is 50.3 Å². The van der Waals surface area contributed by atoms with Crippen LogP contribution in [0.25, 0.3) is 0 Å². The summed E-state index contributed by atoms with van der Waals surface area (Å²) in [5.41, 5.74) is 1.59. The predicted molar refractivity (Wildman–Crippen MR) is 78.4 cm³/mol. The number of amides is 1. The molecule has 1 N–H and O–H groups in total. The number of hydrogen-bond donors (Lipinski definition) is 1. The Labute approximate surface area is 119 Å². The molecule has 1 saturated carbocycles. The van der Waals surface area contributed by atoms with Crippen LogP contribution in [0, 0.1) is 11.7 Å². The van der Waals surface area contributed by atoms with Gasteiger partial charge in [0.15, 0.2) is 0 Å². The highest BCUT2D eigenvalue weighted by atomic mass is 19.1. The van der Waals surface area contributed by atoms with Crippen molar-refractivity contribution >= 4 is 17.3 Å². The van der Waals surface area contributed by atoms with Gasteiger partial charge in [-0.25, -0.2) is 4.39 Å². The predicted octanol–water partition coefficient (Wildman–Crippen LogP) is 3.55. The highest BCUT2D eigenvalue weighted by molar-refractivity contribution is 5.96. The summed E-state index contributed by atoms with van der Waals surface area (Å²) in [6, 6.07) is 4.71. The van der Waals surface area contributed by atoms with Crippen molar-refractivity contribution in [2.24, 2.45) is 5.92 Å². The summed E-state index contributed by atoms with van der Waals surface area (Å²) in [4.78, 5) is 14.3. The SMILES string of the molecule is O=C(Nc1cc(F)ccc1N1CCCCC1)C1CCC1. The summed E-state index contributed by atoms with van der Waals surface area (Å²) < 4.78 is 13.5. The topological polar surface area (TPSA) is 32.3 Å². The van der Waals surface area contributed by atoms with Crippen LogP contribution in [0.2, 0.25) is 0 Å². The molecule has 1 aromatic carbocycles. The summed E-state index contributed by atoms with van der Waals surface area (Å²) >= 11 is 0. The smallest absolute Gasteiger partial charge is 0.227 e. The lowest BCUT2D eigenvalue weighted by Crippen LogP contribution is -2.32. The molecule has 0 spiro atoms. The van der Waals surface area contributed by atoms with E-state index in [9.17, 15) is 9.18 Å². The van der Waals surface area contributed by atoms with Gasteiger partial charge >= 0.3 is 0 Å². The van der Waals surface area contributed by atoms with Crippen LogP contribution in [0.1, 0.15) is 38.5 Å². The largest absolute Gasteiger partial charge is 0.370 e. The summed E-state index contributed by atoms with van der Waals surface area (Å²) in [6.45, 7) is 1.97. The molecule has 0 aromatic heterocycles. The van der Waals surface area contributed by atoms with Crippen LogP contribution in [0.5, 0.6) is 0 Å². The van der Waals surface area contributed by atoms with Crippen LogP contribution in [-0.4, -0.2) is 19.0 Å². The molecule has 1 heterocycles. The maximum absolute atomic E-state index is 13.5. The van der Waals surface area contributed by atoms with Gasteiger partial charge in [0.1, 0.15) is 5.82 Å². The quantitative estimate of drug-likeness (QED) is 0.915. The Morgan fingerprint density at radius 3 is 2.55 bits per heavy atom. The third-order valence-corrected chi connectivity index (χ3v) is 4.39. The lowest BCUT2D eigenvalue weighted by molar-refractivity contribution is -0.122. The third kappa shape index (κ3) is 2.79. The maximum Gasteiger partial charge on any atom is 0.227 e. The second-order valence-corrected chi connectivity index (χ2v) is 5.83. The number of benzene rings is 1. The summed E-state index contributed by atoms with van der Waals surface area (Å²) in [7, 11) is 0. The Balaban J connectivity index is 1.79. The molecule has 2 aliphatic rings. The number of anilines is 2. The molecule has 20 heavy (non-hydrogen) atoms. The van der Waals surface area contributed by atoms with Gasteiger partial charge in [0, 0.05) is 19.0 Å². The minimum atomic E-state index is -0.297. The number of nitrogens with one attached hydrogen (secondary N) is 1. The maximum atomic E-state index is 13.5. The molecular weight excluding hydrogens is 255 g/mol. The fraction of sp³-hybridized carbons (Fsp3) is 0.562. The van der Waals surface area contributed by atoms with Gasteiger partial charge in [0.25, 0.3) is 0 Å². The molecule has 1 amide bonds. The van der Waals surface area contributed by atoms with E-state index in [-0.39, 0.29) is 17.6 Å². The zero-order valence-corrected chi connectivity index (χ0v) is 11.7. The number of halogens is 1. The lowest BCUT2D eigenvalue weighted by atomic mass is 9.85. The van der Waals surface area contributed by atoms with Gasteiger partial charge in [-0.15, -0.1) is 0 Å². The summed E-state index contributed by atoms with van der Waals surface area (Å²) in [5.74, 6) is -0.137. The lowest BCUT2D eigenvalue weighted by Gasteiger charge is -2.31. The van der Waals surface area contributed by atoms with E-state index in [2.05, 4.69) is 10.2 Å².